The largest absolute Gasteiger partial charge is 0.372 e. The maximum Gasteiger partial charge on any atom is 0.248 e. The van der Waals surface area contributed by atoms with Gasteiger partial charge in [-0.2, -0.15) is 0 Å². The summed E-state index contributed by atoms with van der Waals surface area (Å²) in [5.41, 5.74) is 0.130. The van der Waals surface area contributed by atoms with Crippen molar-refractivity contribution in [1.29, 1.82) is 0 Å². The van der Waals surface area contributed by atoms with Crippen molar-refractivity contribution in [3.63, 3.8) is 0 Å². The quantitative estimate of drug-likeness (QED) is 0.700. The van der Waals surface area contributed by atoms with Crippen molar-refractivity contribution >= 4 is 5.91 Å². The third kappa shape index (κ3) is 4.25. The molecule has 1 spiro atoms. The number of nitrogens with zero attached hydrogens (tertiary/aromatic N) is 2. The standard InChI is InChI=1S/C18H32N2O3/c1-19(2)17(21)12-22-9-7-15-8-10-23-18(11-15)13-20(14-18)16-5-3-4-6-16/h15-16H,3-14H2,1-2H3/t15-/m0/s1. The van der Waals surface area contributed by atoms with Crippen LogP contribution in [0, 0.1) is 5.92 Å². The molecule has 2 aliphatic heterocycles. The van der Waals surface area contributed by atoms with Crippen molar-refractivity contribution in [3.05, 3.63) is 0 Å². The Balaban J connectivity index is 1.35. The van der Waals surface area contributed by atoms with Crippen molar-refractivity contribution in [2.24, 2.45) is 5.92 Å². The maximum atomic E-state index is 11.5. The van der Waals surface area contributed by atoms with Gasteiger partial charge in [-0.25, -0.2) is 0 Å². The first-order valence-electron chi connectivity index (χ1n) is 9.24. The molecule has 0 aromatic rings. The zero-order chi connectivity index (χ0) is 16.3. The van der Waals surface area contributed by atoms with E-state index in [1.165, 1.54) is 32.1 Å². The number of carbonyl (C=O) groups is 1. The Bertz CT molecular complexity index is 401. The Kier molecular flexibility index (Phi) is 5.60. The second-order valence-electron chi connectivity index (χ2n) is 7.86. The average Bonchev–Trinajstić information content (AvgIpc) is 3.03. The molecule has 2 heterocycles. The van der Waals surface area contributed by atoms with Crippen LogP contribution in [0.3, 0.4) is 0 Å². The second-order valence-corrected chi connectivity index (χ2v) is 7.86. The second kappa shape index (κ2) is 7.49. The molecular formula is C18H32N2O3. The van der Waals surface area contributed by atoms with Crippen molar-refractivity contribution < 1.29 is 14.3 Å². The van der Waals surface area contributed by atoms with Gasteiger partial charge in [0.1, 0.15) is 6.61 Å². The fraction of sp³-hybridized carbons (Fsp3) is 0.944. The lowest BCUT2D eigenvalue weighted by molar-refractivity contribution is -0.189. The number of likely N-dealkylation sites (tertiary alicyclic amines) is 1. The van der Waals surface area contributed by atoms with E-state index in [4.69, 9.17) is 9.47 Å². The Labute approximate surface area is 140 Å². The zero-order valence-electron chi connectivity index (χ0n) is 14.8. The van der Waals surface area contributed by atoms with Crippen molar-refractivity contribution in [3.8, 4) is 0 Å². The summed E-state index contributed by atoms with van der Waals surface area (Å²) in [4.78, 5) is 15.7. The molecule has 23 heavy (non-hydrogen) atoms. The number of carbonyl (C=O) groups excluding carboxylic acids is 1. The fourth-order valence-corrected chi connectivity index (χ4v) is 4.36. The van der Waals surface area contributed by atoms with Gasteiger partial charge in [0.15, 0.2) is 0 Å². The highest BCUT2D eigenvalue weighted by atomic mass is 16.5. The summed E-state index contributed by atoms with van der Waals surface area (Å²) in [6, 6.07) is 0.824. The van der Waals surface area contributed by atoms with Gasteiger partial charge in [0.05, 0.1) is 5.60 Å². The molecular weight excluding hydrogens is 292 g/mol. The van der Waals surface area contributed by atoms with Gasteiger partial charge in [-0.15, -0.1) is 0 Å². The predicted octanol–water partition coefficient (Wildman–Crippen LogP) is 1.90. The van der Waals surface area contributed by atoms with Crippen LogP contribution in [0.4, 0.5) is 0 Å². The van der Waals surface area contributed by atoms with Crippen LogP contribution in [0.5, 0.6) is 0 Å². The van der Waals surface area contributed by atoms with Crippen LogP contribution in [-0.4, -0.2) is 74.4 Å². The lowest BCUT2D eigenvalue weighted by atomic mass is 9.78. The van der Waals surface area contributed by atoms with Crippen LogP contribution in [0.2, 0.25) is 0 Å². The molecule has 0 aromatic carbocycles. The number of hydrogen-bond donors (Lipinski definition) is 0. The molecule has 1 atom stereocenters. The van der Waals surface area contributed by atoms with Gasteiger partial charge in [0, 0.05) is 46.4 Å². The van der Waals surface area contributed by atoms with E-state index in [2.05, 4.69) is 4.90 Å². The highest BCUT2D eigenvalue weighted by Crippen LogP contribution is 2.41. The zero-order valence-corrected chi connectivity index (χ0v) is 14.8. The molecule has 5 heteroatoms. The van der Waals surface area contributed by atoms with Gasteiger partial charge < -0.3 is 14.4 Å². The summed E-state index contributed by atoms with van der Waals surface area (Å²) < 4.78 is 11.7. The van der Waals surface area contributed by atoms with Crippen molar-refractivity contribution in [1.82, 2.24) is 9.80 Å². The monoisotopic (exact) mass is 324 g/mol. The summed E-state index contributed by atoms with van der Waals surface area (Å²) >= 11 is 0. The van der Waals surface area contributed by atoms with E-state index in [0.29, 0.717) is 12.5 Å². The highest BCUT2D eigenvalue weighted by molar-refractivity contribution is 5.76. The Morgan fingerprint density at radius 1 is 1.26 bits per heavy atom. The molecule has 132 valence electrons. The predicted molar refractivity (Wildman–Crippen MR) is 89.4 cm³/mol. The molecule has 0 bridgehead atoms. The van der Waals surface area contributed by atoms with Crippen LogP contribution >= 0.6 is 0 Å². The van der Waals surface area contributed by atoms with Gasteiger partial charge in [-0.1, -0.05) is 12.8 Å². The molecule has 1 aliphatic carbocycles. The lowest BCUT2D eigenvalue weighted by Gasteiger charge is -2.55. The minimum Gasteiger partial charge on any atom is -0.372 e. The summed E-state index contributed by atoms with van der Waals surface area (Å²) in [6.45, 7) is 4.05. The fourth-order valence-electron chi connectivity index (χ4n) is 4.36. The van der Waals surface area contributed by atoms with Crippen LogP contribution in [0.25, 0.3) is 0 Å². The number of ether oxygens (including phenoxy) is 2. The number of amides is 1. The molecule has 1 saturated carbocycles. The van der Waals surface area contributed by atoms with Crippen LogP contribution < -0.4 is 0 Å². The smallest absolute Gasteiger partial charge is 0.248 e. The van der Waals surface area contributed by atoms with E-state index in [1.54, 1.807) is 19.0 Å². The molecule has 3 fully saturated rings. The van der Waals surface area contributed by atoms with Gasteiger partial charge in [-0.3, -0.25) is 9.69 Å². The van der Waals surface area contributed by atoms with E-state index < -0.39 is 0 Å². The summed E-state index contributed by atoms with van der Waals surface area (Å²) in [6.07, 6.45) is 8.93. The van der Waals surface area contributed by atoms with Crippen molar-refractivity contribution in [2.75, 3.05) is 47.0 Å². The Morgan fingerprint density at radius 3 is 2.70 bits per heavy atom. The third-order valence-corrected chi connectivity index (χ3v) is 5.81. The summed E-state index contributed by atoms with van der Waals surface area (Å²) in [5, 5.41) is 0. The van der Waals surface area contributed by atoms with Crippen molar-refractivity contribution in [2.45, 2.75) is 56.6 Å². The minimum atomic E-state index is 0.0413. The van der Waals surface area contributed by atoms with E-state index in [1.807, 2.05) is 0 Å². The number of hydrogen-bond acceptors (Lipinski definition) is 4. The Morgan fingerprint density at radius 2 is 2.00 bits per heavy atom. The molecule has 3 rings (SSSR count). The van der Waals surface area contributed by atoms with E-state index in [0.717, 1.165) is 38.6 Å². The first-order valence-corrected chi connectivity index (χ1v) is 9.24. The first-order chi connectivity index (χ1) is 11.1. The maximum absolute atomic E-state index is 11.5. The molecule has 3 aliphatic rings. The normalized spacial score (nSPS) is 28.0. The van der Waals surface area contributed by atoms with Crippen LogP contribution in [0.1, 0.15) is 44.9 Å². The van der Waals surface area contributed by atoms with Crippen LogP contribution in [-0.2, 0) is 14.3 Å². The Hall–Kier alpha value is -0.650. The molecule has 2 saturated heterocycles. The molecule has 0 unspecified atom stereocenters. The van der Waals surface area contributed by atoms with Gasteiger partial charge in [-0.05, 0) is 38.0 Å². The SMILES string of the molecule is CN(C)C(=O)COCC[C@H]1CCOC2(C1)CN(C1CCCC1)C2. The van der Waals surface area contributed by atoms with E-state index >= 15 is 0 Å². The third-order valence-electron chi connectivity index (χ3n) is 5.81. The van der Waals surface area contributed by atoms with E-state index in [-0.39, 0.29) is 18.1 Å². The minimum absolute atomic E-state index is 0.0413. The first kappa shape index (κ1) is 17.2. The average molecular weight is 324 g/mol. The van der Waals surface area contributed by atoms with Gasteiger partial charge in [0.25, 0.3) is 0 Å². The van der Waals surface area contributed by atoms with Crippen LogP contribution in [0.15, 0.2) is 0 Å². The van der Waals surface area contributed by atoms with Gasteiger partial charge in [0.2, 0.25) is 5.91 Å². The molecule has 0 N–H and O–H groups in total. The lowest BCUT2D eigenvalue weighted by Crippen LogP contribution is -2.67. The highest BCUT2D eigenvalue weighted by Gasteiger charge is 2.49. The van der Waals surface area contributed by atoms with Gasteiger partial charge >= 0.3 is 0 Å². The van der Waals surface area contributed by atoms with E-state index in [9.17, 15) is 4.79 Å². The number of likely N-dealkylation sites (N-methyl/N-ethyl adjacent to an activating group) is 1. The number of rotatable bonds is 6. The molecule has 5 nitrogen and oxygen atoms in total. The summed E-state index contributed by atoms with van der Waals surface area (Å²) in [7, 11) is 3.53. The topological polar surface area (TPSA) is 42.0 Å². The molecule has 1 amide bonds. The summed E-state index contributed by atoms with van der Waals surface area (Å²) in [5.74, 6) is 0.726. The molecule has 0 radical (unpaired) electrons. The molecule has 0 aromatic heterocycles.